The third kappa shape index (κ3) is 3.52. The molecule has 170 valence electrons. The first kappa shape index (κ1) is 21.9. The molecular formula is C21H20F3N3O5. The number of ether oxygens (including phenoxy) is 1. The molecule has 0 bridgehead atoms. The first-order valence-corrected chi connectivity index (χ1v) is 10.1. The number of fused-ring (bicyclic) bond motifs is 3. The topological polar surface area (TPSA) is 101 Å². The van der Waals surface area contributed by atoms with Crippen molar-refractivity contribution in [1.29, 1.82) is 0 Å². The van der Waals surface area contributed by atoms with Crippen molar-refractivity contribution in [2.75, 3.05) is 13.2 Å². The SMILES string of the molecule is CCCN1C(=O)c2c(O)c(=O)c(C(=O)NCc3c(F)cc(F)cc3F)cn2[C@@H]2CCO[C@@H]21. The fourth-order valence-corrected chi connectivity index (χ4v) is 4.12. The molecule has 2 N–H and O–H groups in total. The first-order valence-electron chi connectivity index (χ1n) is 10.1. The molecule has 32 heavy (non-hydrogen) atoms. The largest absolute Gasteiger partial charge is 0.503 e. The van der Waals surface area contributed by atoms with Gasteiger partial charge in [-0.1, -0.05) is 6.92 Å². The van der Waals surface area contributed by atoms with E-state index in [1.807, 2.05) is 6.92 Å². The minimum absolute atomic E-state index is 0.234. The molecule has 3 heterocycles. The number of aromatic nitrogens is 1. The third-order valence-electron chi connectivity index (χ3n) is 5.61. The van der Waals surface area contributed by atoms with Crippen LogP contribution in [0.25, 0.3) is 0 Å². The lowest BCUT2D eigenvalue weighted by molar-refractivity contribution is -0.0349. The maximum Gasteiger partial charge on any atom is 0.276 e. The van der Waals surface area contributed by atoms with E-state index in [2.05, 4.69) is 5.32 Å². The molecule has 0 unspecified atom stereocenters. The Bertz CT molecular complexity index is 1140. The Morgan fingerprint density at radius 2 is 1.94 bits per heavy atom. The van der Waals surface area contributed by atoms with Crippen molar-refractivity contribution in [3.8, 4) is 5.75 Å². The molecule has 2 aromatic rings. The third-order valence-corrected chi connectivity index (χ3v) is 5.61. The Balaban J connectivity index is 1.68. The molecule has 0 radical (unpaired) electrons. The molecule has 1 aromatic carbocycles. The predicted molar refractivity (Wildman–Crippen MR) is 105 cm³/mol. The molecule has 1 fully saturated rings. The van der Waals surface area contributed by atoms with Crippen molar-refractivity contribution in [3.63, 3.8) is 0 Å². The minimum Gasteiger partial charge on any atom is -0.503 e. The van der Waals surface area contributed by atoms with E-state index in [0.717, 1.165) is 6.20 Å². The zero-order valence-electron chi connectivity index (χ0n) is 17.0. The molecule has 8 nitrogen and oxygen atoms in total. The molecule has 1 saturated heterocycles. The average molecular weight is 451 g/mol. The molecule has 1 aromatic heterocycles. The van der Waals surface area contributed by atoms with E-state index < -0.39 is 70.4 Å². The van der Waals surface area contributed by atoms with Gasteiger partial charge in [0.25, 0.3) is 11.8 Å². The molecular weight excluding hydrogens is 431 g/mol. The van der Waals surface area contributed by atoms with Crippen LogP contribution in [-0.4, -0.2) is 45.8 Å². The summed E-state index contributed by atoms with van der Waals surface area (Å²) in [6, 6.07) is 0.523. The highest BCUT2D eigenvalue weighted by Gasteiger charge is 2.45. The zero-order chi connectivity index (χ0) is 23.2. The van der Waals surface area contributed by atoms with Crippen molar-refractivity contribution in [2.45, 2.75) is 38.6 Å². The van der Waals surface area contributed by atoms with Crippen LogP contribution in [0.15, 0.2) is 23.1 Å². The number of halogens is 3. The number of rotatable bonds is 5. The lowest BCUT2D eigenvalue weighted by Crippen LogP contribution is -2.50. The number of nitrogens with one attached hydrogen (secondary N) is 1. The summed E-state index contributed by atoms with van der Waals surface area (Å²) in [5.41, 5.74) is -2.41. The number of aromatic hydroxyl groups is 1. The summed E-state index contributed by atoms with van der Waals surface area (Å²) >= 11 is 0. The smallest absolute Gasteiger partial charge is 0.276 e. The summed E-state index contributed by atoms with van der Waals surface area (Å²) in [6.07, 6.45) is 1.67. The number of benzene rings is 1. The van der Waals surface area contributed by atoms with Crippen LogP contribution in [-0.2, 0) is 11.3 Å². The average Bonchev–Trinajstić information content (AvgIpc) is 3.22. The molecule has 4 rings (SSSR count). The number of hydrogen-bond donors (Lipinski definition) is 2. The Hall–Kier alpha value is -3.34. The monoisotopic (exact) mass is 451 g/mol. The van der Waals surface area contributed by atoms with Crippen molar-refractivity contribution in [3.05, 3.63) is 62.8 Å². The summed E-state index contributed by atoms with van der Waals surface area (Å²) in [7, 11) is 0. The summed E-state index contributed by atoms with van der Waals surface area (Å²) < 4.78 is 47.8. The fraction of sp³-hybridized carbons (Fsp3) is 0.381. The molecule has 0 spiro atoms. The number of pyridine rings is 1. The van der Waals surface area contributed by atoms with Crippen molar-refractivity contribution >= 4 is 11.8 Å². The molecule has 0 saturated carbocycles. The highest BCUT2D eigenvalue weighted by Crippen LogP contribution is 2.37. The van der Waals surface area contributed by atoms with Crippen LogP contribution in [0, 0.1) is 17.5 Å². The van der Waals surface area contributed by atoms with Gasteiger partial charge in [0.15, 0.2) is 17.7 Å². The number of nitrogens with zero attached hydrogens (tertiary/aromatic N) is 2. The van der Waals surface area contributed by atoms with Gasteiger partial charge in [-0.15, -0.1) is 0 Å². The molecule has 0 aliphatic carbocycles. The van der Waals surface area contributed by atoms with E-state index >= 15 is 0 Å². The predicted octanol–water partition coefficient (Wildman–Crippen LogP) is 2.05. The van der Waals surface area contributed by atoms with Crippen LogP contribution in [0.1, 0.15) is 52.2 Å². The van der Waals surface area contributed by atoms with Crippen molar-refractivity contribution in [1.82, 2.24) is 14.8 Å². The van der Waals surface area contributed by atoms with Crippen LogP contribution in [0.5, 0.6) is 5.75 Å². The second-order valence-corrected chi connectivity index (χ2v) is 7.62. The van der Waals surface area contributed by atoms with Crippen LogP contribution in [0.2, 0.25) is 0 Å². The highest BCUT2D eigenvalue weighted by atomic mass is 19.1. The molecule has 2 atom stereocenters. The maximum atomic E-state index is 13.8. The maximum absolute atomic E-state index is 13.8. The normalized spacial score (nSPS) is 19.6. The van der Waals surface area contributed by atoms with Gasteiger partial charge in [-0.3, -0.25) is 14.4 Å². The molecule has 11 heteroatoms. The lowest BCUT2D eigenvalue weighted by Gasteiger charge is -2.39. The van der Waals surface area contributed by atoms with E-state index in [4.69, 9.17) is 4.74 Å². The quantitative estimate of drug-likeness (QED) is 0.725. The fourth-order valence-electron chi connectivity index (χ4n) is 4.12. The van der Waals surface area contributed by atoms with Crippen LogP contribution in [0.3, 0.4) is 0 Å². The van der Waals surface area contributed by atoms with Crippen molar-refractivity contribution in [2.24, 2.45) is 0 Å². The summed E-state index contributed by atoms with van der Waals surface area (Å²) in [4.78, 5) is 39.7. The van der Waals surface area contributed by atoms with E-state index in [1.54, 1.807) is 0 Å². The van der Waals surface area contributed by atoms with E-state index in [-0.39, 0.29) is 5.69 Å². The standard InChI is InChI=1S/C21H20F3N3O5/c1-2-4-26-20(31)16-18(29)17(28)12(9-27(16)15-3-5-32-21(15)26)19(30)25-8-11-13(23)6-10(22)7-14(11)24/h6-7,9,15,21,29H,2-5,8H2,1H3,(H,25,30)/t15-,21+/m1/s1. The number of carbonyl (C=O) groups is 2. The summed E-state index contributed by atoms with van der Waals surface area (Å²) in [5, 5.41) is 12.7. The van der Waals surface area contributed by atoms with Gasteiger partial charge < -0.3 is 24.6 Å². The van der Waals surface area contributed by atoms with Crippen molar-refractivity contribution < 1.29 is 32.6 Å². The first-order chi connectivity index (χ1) is 15.2. The number of hydrogen-bond acceptors (Lipinski definition) is 5. The van der Waals surface area contributed by atoms with E-state index in [1.165, 1.54) is 9.47 Å². The van der Waals surface area contributed by atoms with Gasteiger partial charge in [0.1, 0.15) is 23.0 Å². The number of amides is 2. The van der Waals surface area contributed by atoms with Gasteiger partial charge in [-0.05, 0) is 12.8 Å². The summed E-state index contributed by atoms with van der Waals surface area (Å²) in [5.74, 6) is -5.98. The summed E-state index contributed by atoms with van der Waals surface area (Å²) in [6.45, 7) is 1.93. The van der Waals surface area contributed by atoms with Crippen LogP contribution >= 0.6 is 0 Å². The molecule has 2 aliphatic heterocycles. The van der Waals surface area contributed by atoms with Crippen LogP contribution < -0.4 is 10.7 Å². The van der Waals surface area contributed by atoms with E-state index in [0.29, 0.717) is 38.1 Å². The number of carbonyl (C=O) groups excluding carboxylic acids is 2. The minimum atomic E-state index is -1.19. The van der Waals surface area contributed by atoms with Gasteiger partial charge in [-0.2, -0.15) is 0 Å². The molecule has 2 amide bonds. The Morgan fingerprint density at radius 3 is 2.59 bits per heavy atom. The van der Waals surface area contributed by atoms with Gasteiger partial charge >= 0.3 is 0 Å². The second kappa shape index (κ2) is 8.30. The zero-order valence-corrected chi connectivity index (χ0v) is 17.0. The molecule has 2 aliphatic rings. The Kier molecular flexibility index (Phi) is 5.68. The van der Waals surface area contributed by atoms with Gasteiger partial charge in [0, 0.05) is 37.0 Å². The van der Waals surface area contributed by atoms with E-state index in [9.17, 15) is 32.7 Å². The highest BCUT2D eigenvalue weighted by molar-refractivity contribution is 5.99. The lowest BCUT2D eigenvalue weighted by atomic mass is 10.0. The van der Waals surface area contributed by atoms with Gasteiger partial charge in [0.2, 0.25) is 5.43 Å². The van der Waals surface area contributed by atoms with Gasteiger partial charge in [-0.25, -0.2) is 13.2 Å². The Morgan fingerprint density at radius 1 is 1.25 bits per heavy atom. The second-order valence-electron chi connectivity index (χ2n) is 7.62. The van der Waals surface area contributed by atoms with Crippen LogP contribution in [0.4, 0.5) is 13.2 Å². The Labute approximate surface area is 180 Å². The van der Waals surface area contributed by atoms with Gasteiger partial charge in [0.05, 0.1) is 12.6 Å².